The average molecular weight is 322 g/mol. The van der Waals surface area contributed by atoms with Gasteiger partial charge in [0.05, 0.1) is 19.1 Å². The van der Waals surface area contributed by atoms with E-state index in [1.807, 2.05) is 42.5 Å². The summed E-state index contributed by atoms with van der Waals surface area (Å²) in [4.78, 5) is 12.2. The molecule has 3 rings (SSSR count). The predicted octanol–water partition coefficient (Wildman–Crippen LogP) is 2.24. The lowest BCUT2D eigenvalue weighted by Crippen LogP contribution is -2.34. The zero-order valence-corrected chi connectivity index (χ0v) is 13.2. The number of hydrogen-bond acceptors (Lipinski definition) is 4. The Morgan fingerprint density at radius 3 is 2.64 bits per heavy atom. The first-order chi connectivity index (χ1) is 10.2. The minimum Gasteiger partial charge on any atom is -0.469 e. The molecule has 2 N–H and O–H groups in total. The lowest BCUT2D eigenvalue weighted by atomic mass is 9.89. The number of aliphatic hydroxyl groups excluding tert-OH is 1. The Morgan fingerprint density at radius 1 is 1.27 bits per heavy atom. The second-order valence-corrected chi connectivity index (χ2v) is 5.51. The number of β-amino-alcohol motifs (C(OH)–C–C–N with tert-alkyl or cyclic N) is 1. The van der Waals surface area contributed by atoms with Crippen LogP contribution >= 0.6 is 12.4 Å². The SMILES string of the molecule is COC(=O)C(c1ccc2ccccc2c1)[C@@H]1C[C@@H](O)CN1.Cl. The van der Waals surface area contributed by atoms with Crippen molar-refractivity contribution >= 4 is 29.1 Å². The molecule has 1 aliphatic rings. The van der Waals surface area contributed by atoms with Crippen LogP contribution in [0.4, 0.5) is 0 Å². The number of rotatable bonds is 3. The largest absolute Gasteiger partial charge is 0.469 e. The first kappa shape index (κ1) is 16.7. The van der Waals surface area contributed by atoms with Crippen molar-refractivity contribution in [2.75, 3.05) is 13.7 Å². The topological polar surface area (TPSA) is 58.6 Å². The quantitative estimate of drug-likeness (QED) is 0.851. The van der Waals surface area contributed by atoms with E-state index in [1.165, 1.54) is 7.11 Å². The van der Waals surface area contributed by atoms with Crippen LogP contribution in [0, 0.1) is 0 Å². The third-order valence-electron chi connectivity index (χ3n) is 4.13. The molecule has 1 saturated heterocycles. The molecule has 1 unspecified atom stereocenters. The second-order valence-electron chi connectivity index (χ2n) is 5.51. The molecule has 1 aliphatic heterocycles. The molecule has 0 saturated carbocycles. The van der Waals surface area contributed by atoms with E-state index >= 15 is 0 Å². The van der Waals surface area contributed by atoms with Gasteiger partial charge in [0.1, 0.15) is 0 Å². The summed E-state index contributed by atoms with van der Waals surface area (Å²) in [6.07, 6.45) is 0.162. The van der Waals surface area contributed by atoms with Crippen LogP contribution in [0.1, 0.15) is 17.9 Å². The van der Waals surface area contributed by atoms with Crippen molar-refractivity contribution in [3.63, 3.8) is 0 Å². The van der Waals surface area contributed by atoms with E-state index in [4.69, 9.17) is 4.74 Å². The maximum Gasteiger partial charge on any atom is 0.314 e. The molecule has 1 fully saturated rings. The van der Waals surface area contributed by atoms with Gasteiger partial charge in [-0.25, -0.2) is 0 Å². The molecule has 118 valence electrons. The number of benzene rings is 2. The van der Waals surface area contributed by atoms with Crippen LogP contribution in [0.25, 0.3) is 10.8 Å². The Labute approximate surface area is 135 Å². The molecule has 5 heteroatoms. The van der Waals surface area contributed by atoms with E-state index in [9.17, 15) is 9.90 Å². The molecular formula is C17H20ClNO3. The summed E-state index contributed by atoms with van der Waals surface area (Å²) in [6, 6.07) is 14.0. The fourth-order valence-corrected chi connectivity index (χ4v) is 3.06. The highest BCUT2D eigenvalue weighted by Gasteiger charge is 2.35. The Balaban J connectivity index is 0.00000176. The number of nitrogens with one attached hydrogen (secondary N) is 1. The van der Waals surface area contributed by atoms with Crippen molar-refractivity contribution in [3.8, 4) is 0 Å². The molecule has 22 heavy (non-hydrogen) atoms. The Kier molecular flexibility index (Phi) is 5.40. The van der Waals surface area contributed by atoms with Crippen LogP contribution in [0.5, 0.6) is 0 Å². The number of hydrogen-bond donors (Lipinski definition) is 2. The van der Waals surface area contributed by atoms with Crippen LogP contribution in [0.2, 0.25) is 0 Å². The van der Waals surface area contributed by atoms with Gasteiger partial charge in [-0.15, -0.1) is 12.4 Å². The number of esters is 1. The van der Waals surface area contributed by atoms with E-state index in [0.717, 1.165) is 16.3 Å². The molecule has 4 nitrogen and oxygen atoms in total. The molecule has 0 aliphatic carbocycles. The maximum atomic E-state index is 12.2. The number of ether oxygens (including phenoxy) is 1. The van der Waals surface area contributed by atoms with Crippen molar-refractivity contribution in [1.82, 2.24) is 5.32 Å². The molecule has 0 amide bonds. The molecule has 2 aromatic carbocycles. The molecule has 0 bridgehead atoms. The van der Waals surface area contributed by atoms with Gasteiger partial charge in [-0.2, -0.15) is 0 Å². The third kappa shape index (κ3) is 3.24. The second kappa shape index (κ2) is 7.09. The van der Waals surface area contributed by atoms with Gasteiger partial charge in [-0.05, 0) is 22.8 Å². The number of aliphatic hydroxyl groups is 1. The summed E-state index contributed by atoms with van der Waals surface area (Å²) in [5.41, 5.74) is 0.923. The number of methoxy groups -OCH3 is 1. The molecule has 0 spiro atoms. The Bertz CT molecular complexity index is 661. The van der Waals surface area contributed by atoms with Crippen LogP contribution in [0.3, 0.4) is 0 Å². The molecule has 0 radical (unpaired) electrons. The standard InChI is InChI=1S/C17H19NO3.ClH/c1-21-17(20)16(15-9-14(19)10-18-15)13-7-6-11-4-2-3-5-12(11)8-13;/h2-8,14-16,18-19H,9-10H2,1H3;1H/t14-,15+,16?;/m1./s1. The van der Waals surface area contributed by atoms with Crippen molar-refractivity contribution in [1.29, 1.82) is 0 Å². The zero-order valence-electron chi connectivity index (χ0n) is 12.4. The van der Waals surface area contributed by atoms with Gasteiger partial charge in [0, 0.05) is 12.6 Å². The normalized spacial score (nSPS) is 22.1. The van der Waals surface area contributed by atoms with Gasteiger partial charge in [-0.3, -0.25) is 4.79 Å². The molecule has 1 heterocycles. The summed E-state index contributed by atoms with van der Waals surface area (Å²) >= 11 is 0. The Hall–Kier alpha value is -1.62. The van der Waals surface area contributed by atoms with Crippen LogP contribution in [-0.4, -0.2) is 36.9 Å². The van der Waals surface area contributed by atoms with E-state index < -0.39 is 12.0 Å². The summed E-state index contributed by atoms with van der Waals surface area (Å²) < 4.78 is 4.97. The number of fused-ring (bicyclic) bond motifs is 1. The van der Waals surface area contributed by atoms with Crippen molar-refractivity contribution in [2.45, 2.75) is 24.5 Å². The van der Waals surface area contributed by atoms with E-state index in [-0.39, 0.29) is 24.4 Å². The van der Waals surface area contributed by atoms with E-state index in [2.05, 4.69) is 5.32 Å². The maximum absolute atomic E-state index is 12.2. The van der Waals surface area contributed by atoms with Gasteiger partial charge in [0.15, 0.2) is 0 Å². The number of carbonyl (C=O) groups excluding carboxylic acids is 1. The molecule has 0 aromatic heterocycles. The van der Waals surface area contributed by atoms with Crippen LogP contribution < -0.4 is 5.32 Å². The first-order valence-corrected chi connectivity index (χ1v) is 7.17. The summed E-state index contributed by atoms with van der Waals surface area (Å²) in [7, 11) is 1.40. The van der Waals surface area contributed by atoms with Gasteiger partial charge in [-0.1, -0.05) is 42.5 Å². The molecule has 2 aromatic rings. The number of carbonyl (C=O) groups is 1. The fraction of sp³-hybridized carbons (Fsp3) is 0.353. The first-order valence-electron chi connectivity index (χ1n) is 7.17. The minimum atomic E-state index is -0.400. The molecular weight excluding hydrogens is 302 g/mol. The third-order valence-corrected chi connectivity index (χ3v) is 4.13. The van der Waals surface area contributed by atoms with Crippen LogP contribution in [-0.2, 0) is 9.53 Å². The van der Waals surface area contributed by atoms with Crippen molar-refractivity contribution in [2.24, 2.45) is 0 Å². The summed E-state index contributed by atoms with van der Waals surface area (Å²) in [6.45, 7) is 0.520. The molecule has 3 atom stereocenters. The average Bonchev–Trinajstić information content (AvgIpc) is 2.93. The zero-order chi connectivity index (χ0) is 14.8. The highest BCUT2D eigenvalue weighted by molar-refractivity contribution is 5.86. The van der Waals surface area contributed by atoms with Gasteiger partial charge in [0.2, 0.25) is 0 Å². The smallest absolute Gasteiger partial charge is 0.314 e. The van der Waals surface area contributed by atoms with Gasteiger partial charge >= 0.3 is 5.97 Å². The van der Waals surface area contributed by atoms with Gasteiger partial charge in [0.25, 0.3) is 0 Å². The highest BCUT2D eigenvalue weighted by Crippen LogP contribution is 2.29. The predicted molar refractivity (Wildman–Crippen MR) is 88.4 cm³/mol. The van der Waals surface area contributed by atoms with Crippen molar-refractivity contribution < 1.29 is 14.6 Å². The van der Waals surface area contributed by atoms with E-state index in [1.54, 1.807) is 0 Å². The van der Waals surface area contributed by atoms with Crippen LogP contribution in [0.15, 0.2) is 42.5 Å². The van der Waals surface area contributed by atoms with Crippen molar-refractivity contribution in [3.05, 3.63) is 48.0 Å². The number of halogens is 1. The van der Waals surface area contributed by atoms with E-state index in [0.29, 0.717) is 13.0 Å². The summed E-state index contributed by atoms with van der Waals surface area (Å²) in [5.74, 6) is -0.659. The lowest BCUT2D eigenvalue weighted by Gasteiger charge is -2.22. The monoisotopic (exact) mass is 321 g/mol. The fourth-order valence-electron chi connectivity index (χ4n) is 3.06. The minimum absolute atomic E-state index is 0. The Morgan fingerprint density at radius 2 is 2.00 bits per heavy atom. The highest BCUT2D eigenvalue weighted by atomic mass is 35.5. The van der Waals surface area contributed by atoms with Gasteiger partial charge < -0.3 is 15.2 Å². The lowest BCUT2D eigenvalue weighted by molar-refractivity contribution is -0.143. The summed E-state index contributed by atoms with van der Waals surface area (Å²) in [5, 5.41) is 15.2.